The van der Waals surface area contributed by atoms with Crippen molar-refractivity contribution >= 4 is 111 Å². The summed E-state index contributed by atoms with van der Waals surface area (Å²) in [6.45, 7) is 6.31. The number of aliphatic hydroxyl groups excluding tert-OH is 1. The van der Waals surface area contributed by atoms with Crippen LogP contribution in [0.3, 0.4) is 0 Å². The molecule has 1 aromatic heterocycles. The second kappa shape index (κ2) is 45.6. The van der Waals surface area contributed by atoms with Crippen LogP contribution in [0, 0.1) is 11.8 Å². The lowest BCUT2D eigenvalue weighted by Gasteiger charge is -2.31. The van der Waals surface area contributed by atoms with E-state index in [-0.39, 0.29) is 100 Å². The smallest absolute Gasteiger partial charge is 0.246 e. The number of nitrogens with zero attached hydrogens (tertiary/aromatic N) is 3. The lowest BCUT2D eigenvalue weighted by atomic mass is 10.0. The van der Waals surface area contributed by atoms with Gasteiger partial charge < -0.3 is 118 Å². The van der Waals surface area contributed by atoms with Gasteiger partial charge in [0.25, 0.3) is 0 Å². The molecule has 120 heavy (non-hydrogen) atoms. The highest BCUT2D eigenvalue weighted by molar-refractivity contribution is 6.02. The van der Waals surface area contributed by atoms with Gasteiger partial charge >= 0.3 is 0 Å². The standard InChI is InChI=1S/C81H111N21O18/c1-43(2)32-51(82)79(119)101-30-14-23-63(101)77(117)98-60(40-67(85)107)74(114)93-56(35-47-25-27-49(104)28-26-47)71(111)95-58(38-65(83)105)73(113)94-57(37-48-41-90-52-21-12-11-20-50(48)52)72(112)96-59(39-66(84)106)75(115)100-62(42-103)76(116)99-61(36-46-18-9-6-10-19-46)80(120)102-31-15-24-64(102)78(118)97-55(33-44(3)4)70(110)91-53(22-13-29-89-81(87)88)69(109)92-54(68(86)108)34-45-16-7-5-8-17-45/h5-12,16-21,25-28,41,43-44,51,53-64,90,103-104H,13-15,22-24,29-40,42,82H2,1-4H3,(H2,83,105)(H2,84,106)(H2,85,107)(H2,86,108)(H,91,110)(H,92,109)(H,93,114)(H,94,113)(H,95,111)(H,96,112)(H,97,118)(H,98,117)(H,99,116)(H,100,115)(H4,87,88,89)/t51-,53-,54-,55-,56-,57-,58-,59-,60-,61-,62-,63-,64-/m0/s1. The fraction of sp³-hybridized carbons (Fsp3) is 0.469. The maximum absolute atomic E-state index is 15.1. The second-order valence-electron chi connectivity index (χ2n) is 30.7. The Hall–Kier alpha value is -13.1. The fourth-order valence-corrected chi connectivity index (χ4v) is 14.2. The number of nitrogens with two attached hydrogens (primary N) is 7. The molecule has 27 N–H and O–H groups in total. The van der Waals surface area contributed by atoms with Crippen LogP contribution in [0.2, 0.25) is 0 Å². The first kappa shape index (κ1) is 94.1. The molecule has 0 unspecified atom stereocenters. The van der Waals surface area contributed by atoms with Gasteiger partial charge in [0.1, 0.15) is 78.3 Å². The number of carbonyl (C=O) groups excluding carboxylic acids is 16. The average Bonchev–Trinajstić information content (AvgIpc) is 1.60. The number of rotatable bonds is 46. The number of nitrogens with one attached hydrogen (secondary N) is 11. The number of carbonyl (C=O) groups is 16. The van der Waals surface area contributed by atoms with Crippen LogP contribution in [-0.4, -0.2) is 230 Å². The van der Waals surface area contributed by atoms with E-state index < -0.39 is 212 Å². The van der Waals surface area contributed by atoms with Crippen LogP contribution in [0.25, 0.3) is 10.9 Å². The molecule has 3 heterocycles. The minimum atomic E-state index is -2.02. The molecule has 16 amide bonds. The van der Waals surface area contributed by atoms with Crippen molar-refractivity contribution in [2.45, 2.75) is 203 Å². The number of aliphatic hydroxyl groups is 1. The van der Waals surface area contributed by atoms with Gasteiger partial charge in [-0.1, -0.05) is 119 Å². The number of guanidine groups is 1. The zero-order chi connectivity index (χ0) is 88.0. The van der Waals surface area contributed by atoms with Gasteiger partial charge in [0, 0.05) is 62.4 Å². The topological polar surface area (TPSA) is 651 Å². The number of aromatic hydroxyl groups is 1. The molecule has 4 aromatic carbocycles. The largest absolute Gasteiger partial charge is 0.508 e. The number of aromatic amines is 1. The molecule has 2 fully saturated rings. The molecule has 13 atom stereocenters. The first-order chi connectivity index (χ1) is 57.0. The minimum Gasteiger partial charge on any atom is -0.508 e. The Morgan fingerprint density at radius 1 is 0.442 bits per heavy atom. The maximum atomic E-state index is 15.1. The first-order valence-corrected chi connectivity index (χ1v) is 39.6. The summed E-state index contributed by atoms with van der Waals surface area (Å²) in [5.74, 6) is -16.8. The molecule has 5 aromatic rings. The summed E-state index contributed by atoms with van der Waals surface area (Å²) in [5, 5.41) is 46.7. The Bertz CT molecular complexity index is 4490. The molecular formula is C81H111N21O18. The van der Waals surface area contributed by atoms with Gasteiger partial charge in [-0.25, -0.2) is 0 Å². The summed E-state index contributed by atoms with van der Waals surface area (Å²) in [7, 11) is 0. The SMILES string of the molecule is CC(C)C[C@H](NC(=O)[C@@H]1CCCN1C(=O)[C@H](Cc1ccccc1)NC(=O)[C@H](CO)NC(=O)[C@H](CC(N)=O)NC(=O)[C@H](Cc1c[nH]c2ccccc12)NC(=O)[C@H](CC(N)=O)NC(=O)[C@H](Cc1ccc(O)cc1)NC(=O)[C@H](CC(N)=O)NC(=O)[C@@H]1CCCN1C(=O)[C@@H](N)CC(C)C)C(=O)N[C@@H](CCCN=C(N)N)C(=O)N[C@@H](Cc1ccccc1)C(N)=O. The Balaban J connectivity index is 1.10. The molecular weight excluding hydrogens is 1560 g/mol. The first-order valence-electron chi connectivity index (χ1n) is 39.6. The van der Waals surface area contributed by atoms with Crippen molar-refractivity contribution in [1.82, 2.24) is 68.0 Å². The predicted octanol–water partition coefficient (Wildman–Crippen LogP) is -4.45. The monoisotopic (exact) mass is 1670 g/mol. The van der Waals surface area contributed by atoms with Gasteiger partial charge in [0.15, 0.2) is 5.96 Å². The van der Waals surface area contributed by atoms with Crippen molar-refractivity contribution < 1.29 is 86.9 Å². The number of benzene rings is 4. The van der Waals surface area contributed by atoms with Crippen LogP contribution in [0.1, 0.15) is 121 Å². The number of para-hydroxylation sites is 1. The lowest BCUT2D eigenvalue weighted by Crippen LogP contribution is -2.62. The summed E-state index contributed by atoms with van der Waals surface area (Å²) >= 11 is 0. The fourth-order valence-electron chi connectivity index (χ4n) is 14.2. The van der Waals surface area contributed by atoms with Crippen molar-refractivity contribution in [2.75, 3.05) is 26.2 Å². The average molecular weight is 1670 g/mol. The summed E-state index contributed by atoms with van der Waals surface area (Å²) in [5.41, 5.74) is 42.4. The molecule has 0 spiro atoms. The highest BCUT2D eigenvalue weighted by Crippen LogP contribution is 2.25. The van der Waals surface area contributed by atoms with E-state index in [1.807, 2.05) is 13.8 Å². The molecule has 0 bridgehead atoms. The van der Waals surface area contributed by atoms with Crippen LogP contribution >= 0.6 is 0 Å². The summed E-state index contributed by atoms with van der Waals surface area (Å²) in [6.07, 6.45) is -1.00. The highest BCUT2D eigenvalue weighted by atomic mass is 16.3. The van der Waals surface area contributed by atoms with E-state index in [1.165, 1.54) is 40.3 Å². The maximum Gasteiger partial charge on any atom is 0.246 e. The third-order valence-corrected chi connectivity index (χ3v) is 20.1. The van der Waals surface area contributed by atoms with E-state index in [4.69, 9.17) is 40.1 Å². The number of aromatic nitrogens is 1. The van der Waals surface area contributed by atoms with Gasteiger partial charge in [0.05, 0.1) is 31.9 Å². The summed E-state index contributed by atoms with van der Waals surface area (Å²) in [4.78, 5) is 234. The number of aliphatic imine (C=N–C) groups is 1. The number of hydrogen-bond donors (Lipinski definition) is 20. The third kappa shape index (κ3) is 28.9. The molecule has 39 nitrogen and oxygen atoms in total. The van der Waals surface area contributed by atoms with Gasteiger partial charge in [-0.2, -0.15) is 0 Å². The van der Waals surface area contributed by atoms with Crippen molar-refractivity contribution in [3.63, 3.8) is 0 Å². The predicted molar refractivity (Wildman–Crippen MR) is 437 cm³/mol. The zero-order valence-electron chi connectivity index (χ0n) is 67.4. The van der Waals surface area contributed by atoms with Crippen LogP contribution in [0.5, 0.6) is 5.75 Å². The van der Waals surface area contributed by atoms with Crippen LogP contribution < -0.4 is 93.3 Å². The zero-order valence-corrected chi connectivity index (χ0v) is 67.4. The van der Waals surface area contributed by atoms with Gasteiger partial charge in [0.2, 0.25) is 94.5 Å². The van der Waals surface area contributed by atoms with E-state index in [0.29, 0.717) is 40.4 Å². The number of phenols is 1. The molecule has 2 aliphatic rings. The van der Waals surface area contributed by atoms with E-state index >= 15 is 4.79 Å². The van der Waals surface area contributed by atoms with Crippen LogP contribution in [0.15, 0.2) is 120 Å². The van der Waals surface area contributed by atoms with E-state index in [0.717, 1.165) is 0 Å². The van der Waals surface area contributed by atoms with Crippen LogP contribution in [-0.2, 0) is 102 Å². The lowest BCUT2D eigenvalue weighted by molar-refractivity contribution is -0.143. The normalized spacial score (nSPS) is 16.5. The molecule has 0 radical (unpaired) electrons. The van der Waals surface area contributed by atoms with E-state index in [1.54, 1.807) is 98.8 Å². The number of fused-ring (bicyclic) bond motifs is 1. The number of primary amides is 4. The Morgan fingerprint density at radius 2 is 0.833 bits per heavy atom. The van der Waals surface area contributed by atoms with Gasteiger partial charge in [-0.3, -0.25) is 81.7 Å². The van der Waals surface area contributed by atoms with Crippen molar-refractivity contribution in [1.29, 1.82) is 0 Å². The number of phenolic OH excluding ortho intramolecular Hbond substituents is 1. The molecule has 7 rings (SSSR count). The Labute approximate surface area is 692 Å². The number of H-pyrrole nitrogens is 1. The number of amides is 16. The molecule has 39 heteroatoms. The molecule has 648 valence electrons. The third-order valence-electron chi connectivity index (χ3n) is 20.1. The summed E-state index contributed by atoms with van der Waals surface area (Å²) in [6, 6.07) is 9.03. The Kier molecular flexibility index (Phi) is 35.8. The molecule has 2 aliphatic heterocycles. The summed E-state index contributed by atoms with van der Waals surface area (Å²) < 4.78 is 0. The molecule has 0 saturated carbocycles. The minimum absolute atomic E-state index is 0.0272. The number of likely N-dealkylation sites (tertiary alicyclic amines) is 2. The van der Waals surface area contributed by atoms with Crippen LogP contribution in [0.4, 0.5) is 0 Å². The van der Waals surface area contributed by atoms with E-state index in [9.17, 15) is 82.1 Å². The molecule has 2 saturated heterocycles. The molecule has 0 aliphatic carbocycles. The van der Waals surface area contributed by atoms with E-state index in [2.05, 4.69) is 63.1 Å². The number of hydrogen-bond acceptors (Lipinski definition) is 20. The van der Waals surface area contributed by atoms with Crippen molar-refractivity contribution in [3.05, 3.63) is 138 Å². The van der Waals surface area contributed by atoms with Gasteiger partial charge in [-0.05, 0) is 104 Å². The highest BCUT2D eigenvalue weighted by Gasteiger charge is 2.43. The van der Waals surface area contributed by atoms with Gasteiger partial charge in [-0.15, -0.1) is 0 Å². The Morgan fingerprint density at radius 3 is 1.33 bits per heavy atom. The van der Waals surface area contributed by atoms with Crippen molar-refractivity contribution in [2.24, 2.45) is 57.0 Å². The second-order valence-corrected chi connectivity index (χ2v) is 30.7. The van der Waals surface area contributed by atoms with Crippen molar-refractivity contribution in [3.8, 4) is 5.75 Å². The quantitative estimate of drug-likeness (QED) is 0.00993.